The molecule has 3 aromatic rings. The van der Waals surface area contributed by atoms with Crippen LogP contribution in [0.15, 0.2) is 28.9 Å². The zero-order valence-corrected chi connectivity index (χ0v) is 16.8. The lowest BCUT2D eigenvalue weighted by molar-refractivity contribution is 0.0714. The van der Waals surface area contributed by atoms with Gasteiger partial charge in [-0.2, -0.15) is 4.98 Å². The Morgan fingerprint density at radius 2 is 1.83 bits per heavy atom. The van der Waals surface area contributed by atoms with E-state index in [-0.39, 0.29) is 11.7 Å². The maximum Gasteiger partial charge on any atom is 0.291 e. The number of rotatable bonds is 4. The highest BCUT2D eigenvalue weighted by atomic mass is 35.5. The Morgan fingerprint density at radius 3 is 2.45 bits per heavy atom. The third-order valence-corrected chi connectivity index (χ3v) is 5.18. The predicted molar refractivity (Wildman–Crippen MR) is 109 cm³/mol. The fourth-order valence-corrected chi connectivity index (χ4v) is 3.48. The molecule has 152 valence electrons. The maximum absolute atomic E-state index is 12.5. The van der Waals surface area contributed by atoms with E-state index in [4.69, 9.17) is 31.2 Å². The second-order valence-corrected chi connectivity index (χ2v) is 6.92. The number of carbonyl (C=O) groups excluding carboxylic acids is 1. The summed E-state index contributed by atoms with van der Waals surface area (Å²) in [5, 5.41) is 1.00. The quantitative estimate of drug-likeness (QED) is 0.689. The minimum Gasteiger partial charge on any atom is -0.493 e. The number of furan rings is 1. The number of nitrogen functional groups attached to an aromatic ring is 1. The number of methoxy groups -OCH3 is 2. The van der Waals surface area contributed by atoms with Crippen molar-refractivity contribution in [1.82, 2.24) is 14.9 Å². The lowest BCUT2D eigenvalue weighted by atomic mass is 10.2. The van der Waals surface area contributed by atoms with E-state index in [0.29, 0.717) is 65.4 Å². The van der Waals surface area contributed by atoms with Crippen LogP contribution in [0.1, 0.15) is 10.6 Å². The van der Waals surface area contributed by atoms with E-state index in [0.717, 1.165) is 0 Å². The molecule has 0 unspecified atom stereocenters. The van der Waals surface area contributed by atoms with Gasteiger partial charge in [-0.25, -0.2) is 4.98 Å². The summed E-state index contributed by atoms with van der Waals surface area (Å²) in [5.74, 6) is 1.92. The van der Waals surface area contributed by atoms with Crippen molar-refractivity contribution in [3.8, 4) is 11.5 Å². The number of carbonyl (C=O) groups is 1. The summed E-state index contributed by atoms with van der Waals surface area (Å²) in [6, 6.07) is 5.09. The molecule has 10 heteroatoms. The third-order valence-electron chi connectivity index (χ3n) is 4.88. The molecule has 0 saturated carbocycles. The van der Waals surface area contributed by atoms with E-state index < -0.39 is 0 Å². The van der Waals surface area contributed by atoms with Gasteiger partial charge in [0, 0.05) is 37.6 Å². The first kappa shape index (κ1) is 19.1. The number of nitrogens with zero attached hydrogens (tertiary/aromatic N) is 4. The molecule has 1 amide bonds. The van der Waals surface area contributed by atoms with Crippen molar-refractivity contribution in [3.05, 3.63) is 35.2 Å². The number of anilines is 2. The van der Waals surface area contributed by atoms with Gasteiger partial charge in [0.15, 0.2) is 11.5 Å². The van der Waals surface area contributed by atoms with E-state index in [1.54, 1.807) is 37.3 Å². The Labute approximate surface area is 172 Å². The molecule has 2 aromatic heterocycles. The van der Waals surface area contributed by atoms with E-state index in [9.17, 15) is 4.79 Å². The number of hydrogen-bond donors (Lipinski definition) is 1. The highest BCUT2D eigenvalue weighted by Crippen LogP contribution is 2.34. The van der Waals surface area contributed by atoms with Gasteiger partial charge < -0.3 is 29.4 Å². The van der Waals surface area contributed by atoms with E-state index in [1.807, 2.05) is 4.90 Å². The molecule has 0 aliphatic carbocycles. The summed E-state index contributed by atoms with van der Waals surface area (Å²) in [7, 11) is 3.13. The van der Waals surface area contributed by atoms with Crippen LogP contribution in [0, 0.1) is 0 Å². The second kappa shape index (κ2) is 7.67. The average molecular weight is 418 g/mol. The van der Waals surface area contributed by atoms with Crippen molar-refractivity contribution in [1.29, 1.82) is 0 Å². The number of fused-ring (bicyclic) bond motifs is 1. The van der Waals surface area contributed by atoms with Gasteiger partial charge in [0.1, 0.15) is 5.82 Å². The number of amides is 1. The highest BCUT2D eigenvalue weighted by molar-refractivity contribution is 6.33. The molecular weight excluding hydrogens is 398 g/mol. The molecular formula is C19H20ClN5O4. The van der Waals surface area contributed by atoms with Crippen LogP contribution in [-0.4, -0.2) is 61.2 Å². The van der Waals surface area contributed by atoms with Crippen molar-refractivity contribution < 1.29 is 18.7 Å². The largest absolute Gasteiger partial charge is 0.493 e. The Balaban J connectivity index is 1.55. The highest BCUT2D eigenvalue weighted by Gasteiger charge is 2.27. The molecule has 4 rings (SSSR count). The summed E-state index contributed by atoms with van der Waals surface area (Å²) in [6.07, 6.45) is 1.40. The van der Waals surface area contributed by atoms with E-state index in [2.05, 4.69) is 9.97 Å². The smallest absolute Gasteiger partial charge is 0.291 e. The summed E-state index contributed by atoms with van der Waals surface area (Å²) in [4.78, 5) is 25.3. The second-order valence-electron chi connectivity index (χ2n) is 6.51. The number of ether oxygens (including phenoxy) is 2. The molecule has 0 bridgehead atoms. The van der Waals surface area contributed by atoms with Crippen molar-refractivity contribution in [2.24, 2.45) is 0 Å². The average Bonchev–Trinajstić information content (AvgIpc) is 3.18. The van der Waals surface area contributed by atoms with Gasteiger partial charge in [-0.15, -0.1) is 0 Å². The molecule has 2 N–H and O–H groups in total. The van der Waals surface area contributed by atoms with Crippen molar-refractivity contribution in [3.63, 3.8) is 0 Å². The monoisotopic (exact) mass is 417 g/mol. The van der Waals surface area contributed by atoms with Crippen LogP contribution in [0.2, 0.25) is 5.02 Å². The molecule has 1 fully saturated rings. The molecule has 1 aliphatic rings. The van der Waals surface area contributed by atoms with Crippen LogP contribution in [0.25, 0.3) is 10.9 Å². The van der Waals surface area contributed by atoms with Crippen molar-refractivity contribution in [2.75, 3.05) is 51.0 Å². The van der Waals surface area contributed by atoms with Gasteiger partial charge in [0.05, 0.1) is 31.0 Å². The zero-order valence-electron chi connectivity index (χ0n) is 16.0. The molecule has 1 saturated heterocycles. The van der Waals surface area contributed by atoms with Gasteiger partial charge in [0.2, 0.25) is 11.7 Å². The fourth-order valence-electron chi connectivity index (χ4n) is 3.31. The SMILES string of the molecule is COc1cc2nc(N3CCN(C(=O)c4occc4Cl)CC3)nc(N)c2cc1OC. The van der Waals surface area contributed by atoms with E-state index in [1.165, 1.54) is 6.26 Å². The van der Waals surface area contributed by atoms with Gasteiger partial charge >= 0.3 is 0 Å². The zero-order chi connectivity index (χ0) is 20.5. The standard InChI is InChI=1S/C19H20ClN5O4/c1-27-14-9-11-13(10-15(14)28-2)22-19(23-17(11)21)25-6-4-24(5-7-25)18(26)16-12(20)3-8-29-16/h3,8-10H,4-7H2,1-2H3,(H2,21,22,23). The van der Waals surface area contributed by atoms with Crippen molar-refractivity contribution in [2.45, 2.75) is 0 Å². The van der Waals surface area contributed by atoms with Gasteiger partial charge in [0.25, 0.3) is 5.91 Å². The summed E-state index contributed by atoms with van der Waals surface area (Å²) < 4.78 is 15.9. The van der Waals surface area contributed by atoms with Gasteiger partial charge in [-0.1, -0.05) is 11.6 Å². The minimum absolute atomic E-state index is 0.160. The summed E-state index contributed by atoms with van der Waals surface area (Å²) in [6.45, 7) is 2.09. The fraction of sp³-hybridized carbons (Fsp3) is 0.316. The predicted octanol–water partition coefficient (Wildman–Crippen LogP) is 2.44. The lowest BCUT2D eigenvalue weighted by Gasteiger charge is -2.34. The van der Waals surface area contributed by atoms with Crippen LogP contribution in [0.5, 0.6) is 11.5 Å². The molecule has 0 atom stereocenters. The van der Waals surface area contributed by atoms with Crippen molar-refractivity contribution >= 4 is 40.2 Å². The molecule has 0 spiro atoms. The Kier molecular flexibility index (Phi) is 5.06. The Hall–Kier alpha value is -3.20. The third kappa shape index (κ3) is 3.49. The number of benzene rings is 1. The number of piperazine rings is 1. The number of halogens is 1. The van der Waals surface area contributed by atoms with Gasteiger partial charge in [-0.05, 0) is 12.1 Å². The van der Waals surface area contributed by atoms with Crippen LogP contribution in [0.3, 0.4) is 0 Å². The Morgan fingerprint density at radius 1 is 1.14 bits per heavy atom. The lowest BCUT2D eigenvalue weighted by Crippen LogP contribution is -2.49. The van der Waals surface area contributed by atoms with E-state index >= 15 is 0 Å². The summed E-state index contributed by atoms with van der Waals surface area (Å²) >= 11 is 5.99. The van der Waals surface area contributed by atoms with Crippen LogP contribution in [0.4, 0.5) is 11.8 Å². The first-order valence-corrected chi connectivity index (χ1v) is 9.36. The topological polar surface area (TPSA) is 107 Å². The number of nitrogens with two attached hydrogens (primary N) is 1. The molecule has 29 heavy (non-hydrogen) atoms. The normalized spacial score (nSPS) is 14.3. The number of aromatic nitrogens is 2. The van der Waals surface area contributed by atoms with Gasteiger partial charge in [-0.3, -0.25) is 4.79 Å². The first-order chi connectivity index (χ1) is 14.0. The first-order valence-electron chi connectivity index (χ1n) is 8.98. The molecule has 9 nitrogen and oxygen atoms in total. The minimum atomic E-state index is -0.226. The van der Waals surface area contributed by atoms with Crippen LogP contribution in [-0.2, 0) is 0 Å². The number of hydrogen-bond acceptors (Lipinski definition) is 8. The maximum atomic E-state index is 12.5. The summed E-state index contributed by atoms with van der Waals surface area (Å²) in [5.41, 5.74) is 6.83. The van der Waals surface area contributed by atoms with Crippen LogP contribution < -0.4 is 20.1 Å². The molecule has 1 aromatic carbocycles. The molecule has 1 aliphatic heterocycles. The molecule has 3 heterocycles. The Bertz CT molecular complexity index is 1060. The molecule has 0 radical (unpaired) electrons. The van der Waals surface area contributed by atoms with Crippen LogP contribution >= 0.6 is 11.6 Å².